The fourth-order valence-corrected chi connectivity index (χ4v) is 2.39. The third-order valence-electron chi connectivity index (χ3n) is 3.31. The van der Waals surface area contributed by atoms with Gasteiger partial charge in [-0.25, -0.2) is 0 Å². The molecule has 1 fully saturated rings. The van der Waals surface area contributed by atoms with E-state index in [9.17, 15) is 4.79 Å². The summed E-state index contributed by atoms with van der Waals surface area (Å²) in [4.78, 5) is 17.4. The summed E-state index contributed by atoms with van der Waals surface area (Å²) >= 11 is 0. The highest BCUT2D eigenvalue weighted by Crippen LogP contribution is 2.18. The number of carboxylic acids is 1. The fraction of sp³-hybridized carbons (Fsp3) is 0.769. The van der Waals surface area contributed by atoms with Crippen molar-refractivity contribution in [2.45, 2.75) is 39.7 Å². The van der Waals surface area contributed by atoms with Gasteiger partial charge in [0, 0.05) is 13.0 Å². The fourth-order valence-electron chi connectivity index (χ4n) is 2.39. The zero-order valence-electron chi connectivity index (χ0n) is 11.5. The van der Waals surface area contributed by atoms with E-state index in [1.807, 2.05) is 0 Å². The summed E-state index contributed by atoms with van der Waals surface area (Å²) < 4.78 is 5.19. The van der Waals surface area contributed by atoms with Crippen LogP contribution >= 0.6 is 0 Å². The van der Waals surface area contributed by atoms with Crippen molar-refractivity contribution in [2.24, 2.45) is 11.8 Å². The van der Waals surface area contributed by atoms with Crippen LogP contribution in [0.15, 0.2) is 4.52 Å². The summed E-state index contributed by atoms with van der Waals surface area (Å²) in [6.45, 7) is 6.25. The lowest BCUT2D eigenvalue weighted by atomic mass is 9.98. The quantitative estimate of drug-likeness (QED) is 0.872. The molecule has 1 aliphatic heterocycles. The topological polar surface area (TPSA) is 79.5 Å². The lowest BCUT2D eigenvalue weighted by Crippen LogP contribution is -2.38. The number of hydrogen-bond donors (Lipinski definition) is 1. The molecule has 0 bridgehead atoms. The summed E-state index contributed by atoms with van der Waals surface area (Å²) in [6, 6.07) is 0. The van der Waals surface area contributed by atoms with Crippen LogP contribution < -0.4 is 0 Å². The van der Waals surface area contributed by atoms with Crippen LogP contribution in [0.3, 0.4) is 0 Å². The van der Waals surface area contributed by atoms with Gasteiger partial charge in [-0.1, -0.05) is 19.0 Å². The van der Waals surface area contributed by atoms with Crippen LogP contribution in [0.2, 0.25) is 0 Å². The number of hydrogen-bond acceptors (Lipinski definition) is 5. The number of rotatable bonds is 5. The number of carboxylic acid groups (broad SMARTS) is 1. The molecule has 1 aromatic rings. The SMILES string of the molecule is CC(C)Cc1nc(CN2CCCC(C(=O)O)C2)no1. The van der Waals surface area contributed by atoms with E-state index in [-0.39, 0.29) is 5.92 Å². The average Bonchev–Trinajstić information content (AvgIpc) is 2.76. The van der Waals surface area contributed by atoms with Gasteiger partial charge in [-0.3, -0.25) is 9.69 Å². The molecule has 1 saturated heterocycles. The van der Waals surface area contributed by atoms with Gasteiger partial charge in [-0.05, 0) is 25.3 Å². The first-order chi connectivity index (χ1) is 9.04. The number of nitrogens with zero attached hydrogens (tertiary/aromatic N) is 3. The normalized spacial score (nSPS) is 20.9. The molecule has 2 rings (SSSR count). The van der Waals surface area contributed by atoms with E-state index in [4.69, 9.17) is 9.63 Å². The summed E-state index contributed by atoms with van der Waals surface area (Å²) in [7, 11) is 0. The third-order valence-corrected chi connectivity index (χ3v) is 3.31. The molecule has 0 saturated carbocycles. The molecular weight excluding hydrogens is 246 g/mol. The molecule has 0 spiro atoms. The van der Waals surface area contributed by atoms with E-state index in [1.54, 1.807) is 0 Å². The molecule has 6 nitrogen and oxygen atoms in total. The standard InChI is InChI=1S/C13H21N3O3/c1-9(2)6-12-14-11(15-19-12)8-16-5-3-4-10(7-16)13(17)18/h9-10H,3-8H2,1-2H3,(H,17,18). The second-order valence-corrected chi connectivity index (χ2v) is 5.61. The Bertz CT molecular complexity index is 431. The van der Waals surface area contributed by atoms with Gasteiger partial charge >= 0.3 is 5.97 Å². The van der Waals surface area contributed by atoms with Crippen molar-refractivity contribution in [3.8, 4) is 0 Å². The molecule has 0 amide bonds. The van der Waals surface area contributed by atoms with Crippen LogP contribution in [0, 0.1) is 11.8 Å². The lowest BCUT2D eigenvalue weighted by Gasteiger charge is -2.29. The van der Waals surface area contributed by atoms with Gasteiger partial charge < -0.3 is 9.63 Å². The van der Waals surface area contributed by atoms with Crippen molar-refractivity contribution in [1.82, 2.24) is 15.0 Å². The predicted octanol–water partition coefficient (Wildman–Crippen LogP) is 1.56. The van der Waals surface area contributed by atoms with Gasteiger partial charge in [0.25, 0.3) is 0 Å². The summed E-state index contributed by atoms with van der Waals surface area (Å²) in [5.41, 5.74) is 0. The van der Waals surface area contributed by atoms with Crippen LogP contribution in [0.5, 0.6) is 0 Å². The Labute approximate surface area is 112 Å². The van der Waals surface area contributed by atoms with Crippen molar-refractivity contribution >= 4 is 5.97 Å². The largest absolute Gasteiger partial charge is 0.481 e. The first-order valence-corrected chi connectivity index (χ1v) is 6.81. The zero-order chi connectivity index (χ0) is 13.8. The van der Waals surface area contributed by atoms with Crippen LogP contribution in [0.1, 0.15) is 38.4 Å². The summed E-state index contributed by atoms with van der Waals surface area (Å²) in [5, 5.41) is 13.0. The van der Waals surface area contributed by atoms with E-state index in [0.717, 1.165) is 25.8 Å². The molecule has 0 aliphatic carbocycles. The molecule has 0 radical (unpaired) electrons. The second-order valence-electron chi connectivity index (χ2n) is 5.61. The molecule has 0 aromatic carbocycles. The number of piperidine rings is 1. The molecule has 1 atom stereocenters. The van der Waals surface area contributed by atoms with Gasteiger partial charge in [0.15, 0.2) is 5.82 Å². The van der Waals surface area contributed by atoms with Crippen molar-refractivity contribution < 1.29 is 14.4 Å². The number of carbonyl (C=O) groups is 1. The van der Waals surface area contributed by atoms with Crippen molar-refractivity contribution in [2.75, 3.05) is 13.1 Å². The maximum atomic E-state index is 11.0. The van der Waals surface area contributed by atoms with Gasteiger partial charge in [-0.2, -0.15) is 4.98 Å². The maximum Gasteiger partial charge on any atom is 0.307 e. The Morgan fingerprint density at radius 2 is 2.37 bits per heavy atom. The van der Waals surface area contributed by atoms with Crippen LogP contribution in [-0.2, 0) is 17.8 Å². The minimum Gasteiger partial charge on any atom is -0.481 e. The van der Waals surface area contributed by atoms with Gasteiger partial charge in [0.05, 0.1) is 12.5 Å². The molecule has 19 heavy (non-hydrogen) atoms. The average molecular weight is 267 g/mol. The number of aromatic nitrogens is 2. The summed E-state index contributed by atoms with van der Waals surface area (Å²) in [5.74, 6) is 0.826. The van der Waals surface area contributed by atoms with Gasteiger partial charge in [-0.15, -0.1) is 0 Å². The van der Waals surface area contributed by atoms with Crippen LogP contribution in [-0.4, -0.2) is 39.2 Å². The molecule has 1 aliphatic rings. The molecule has 6 heteroatoms. The van der Waals surface area contributed by atoms with E-state index < -0.39 is 5.97 Å². The minimum absolute atomic E-state index is 0.268. The summed E-state index contributed by atoms with van der Waals surface area (Å²) in [6.07, 6.45) is 2.45. The second kappa shape index (κ2) is 6.14. The minimum atomic E-state index is -0.710. The highest BCUT2D eigenvalue weighted by molar-refractivity contribution is 5.70. The first kappa shape index (κ1) is 14.0. The highest BCUT2D eigenvalue weighted by atomic mass is 16.5. The molecule has 1 unspecified atom stereocenters. The monoisotopic (exact) mass is 267 g/mol. The Kier molecular flexibility index (Phi) is 4.52. The Balaban J connectivity index is 1.89. The third kappa shape index (κ3) is 4.02. The van der Waals surface area contributed by atoms with Gasteiger partial charge in [0.2, 0.25) is 5.89 Å². The molecule has 1 aromatic heterocycles. The van der Waals surface area contributed by atoms with Crippen molar-refractivity contribution in [1.29, 1.82) is 0 Å². The smallest absolute Gasteiger partial charge is 0.307 e. The van der Waals surface area contributed by atoms with Gasteiger partial charge in [0.1, 0.15) is 0 Å². The predicted molar refractivity (Wildman–Crippen MR) is 68.5 cm³/mol. The van der Waals surface area contributed by atoms with Crippen LogP contribution in [0.25, 0.3) is 0 Å². The number of aliphatic carboxylic acids is 1. The van der Waals surface area contributed by atoms with E-state index in [1.165, 1.54) is 0 Å². The molecule has 2 heterocycles. The molecular formula is C13H21N3O3. The van der Waals surface area contributed by atoms with Crippen LogP contribution in [0.4, 0.5) is 0 Å². The van der Waals surface area contributed by atoms with Crippen molar-refractivity contribution in [3.63, 3.8) is 0 Å². The Morgan fingerprint density at radius 3 is 3.05 bits per heavy atom. The van der Waals surface area contributed by atoms with E-state index >= 15 is 0 Å². The van der Waals surface area contributed by atoms with Crippen molar-refractivity contribution in [3.05, 3.63) is 11.7 Å². The Hall–Kier alpha value is -1.43. The lowest BCUT2D eigenvalue weighted by molar-refractivity contribution is -0.143. The highest BCUT2D eigenvalue weighted by Gasteiger charge is 2.26. The Morgan fingerprint density at radius 1 is 1.58 bits per heavy atom. The first-order valence-electron chi connectivity index (χ1n) is 6.81. The van der Waals surface area contributed by atoms with E-state index in [0.29, 0.717) is 30.7 Å². The number of likely N-dealkylation sites (tertiary alicyclic amines) is 1. The maximum absolute atomic E-state index is 11.0. The zero-order valence-corrected chi connectivity index (χ0v) is 11.5. The molecule has 106 valence electrons. The van der Waals surface area contributed by atoms with E-state index in [2.05, 4.69) is 28.9 Å². The molecule has 1 N–H and O–H groups in total.